The van der Waals surface area contributed by atoms with E-state index in [1.165, 1.54) is 11.1 Å². The summed E-state index contributed by atoms with van der Waals surface area (Å²) in [7, 11) is 4.15. The third-order valence-corrected chi connectivity index (χ3v) is 6.21. The Morgan fingerprint density at radius 3 is 2.19 bits per heavy atom. The molecule has 0 radical (unpaired) electrons. The lowest BCUT2D eigenvalue weighted by molar-refractivity contribution is 0.0399. The molecule has 2 aromatic rings. The summed E-state index contributed by atoms with van der Waals surface area (Å²) in [5.74, 6) is 0.139. The lowest BCUT2D eigenvalue weighted by Crippen LogP contribution is -2.59. The summed E-state index contributed by atoms with van der Waals surface area (Å²) in [6.45, 7) is 15.6. The fourth-order valence-electron chi connectivity index (χ4n) is 3.78. The molecule has 1 amide bonds. The average Bonchev–Trinajstić information content (AvgIpc) is 2.63. The van der Waals surface area contributed by atoms with E-state index in [1.807, 2.05) is 4.90 Å². The molecule has 3 rings (SSSR count). The van der Waals surface area contributed by atoms with E-state index in [9.17, 15) is 4.79 Å². The van der Waals surface area contributed by atoms with Crippen LogP contribution in [0.25, 0.3) is 0 Å². The van der Waals surface area contributed by atoms with Crippen molar-refractivity contribution in [2.75, 3.05) is 32.5 Å². The van der Waals surface area contributed by atoms with Gasteiger partial charge in [0.25, 0.3) is 5.91 Å². The van der Waals surface area contributed by atoms with Crippen molar-refractivity contribution >= 4 is 11.6 Å². The SMILES string of the molecule is CN(C)C1CN(C(=O)c2cc(CNc3cccc(C(C)(C)C)c3)cc(C(C)(C)C)c2)C1. The van der Waals surface area contributed by atoms with Gasteiger partial charge in [-0.25, -0.2) is 0 Å². The number of anilines is 1. The van der Waals surface area contributed by atoms with Crippen molar-refractivity contribution in [3.8, 4) is 0 Å². The Bertz CT molecular complexity index is 928. The standard InChI is InChI=1S/C27H39N3O/c1-26(2,3)21-10-9-11-23(15-21)28-16-19-12-20(14-22(13-19)27(4,5)6)25(31)30-17-24(18-30)29(7)8/h9-15,24,28H,16-18H2,1-8H3. The van der Waals surface area contributed by atoms with Crippen molar-refractivity contribution in [2.45, 2.75) is 65.0 Å². The summed E-state index contributed by atoms with van der Waals surface area (Å²) in [4.78, 5) is 17.3. The summed E-state index contributed by atoms with van der Waals surface area (Å²) in [5.41, 5.74) is 5.65. The molecule has 1 saturated heterocycles. The van der Waals surface area contributed by atoms with Gasteiger partial charge < -0.3 is 15.1 Å². The molecule has 168 valence electrons. The van der Waals surface area contributed by atoms with E-state index in [1.54, 1.807) is 0 Å². The maximum atomic E-state index is 13.1. The first-order chi connectivity index (χ1) is 14.3. The van der Waals surface area contributed by atoms with Gasteiger partial charge >= 0.3 is 0 Å². The van der Waals surface area contributed by atoms with Crippen LogP contribution in [0.3, 0.4) is 0 Å². The van der Waals surface area contributed by atoms with Gasteiger partial charge in [-0.05, 0) is 65.9 Å². The Labute approximate surface area is 188 Å². The number of likely N-dealkylation sites (tertiary alicyclic amines) is 1. The predicted molar refractivity (Wildman–Crippen MR) is 131 cm³/mol. The van der Waals surface area contributed by atoms with E-state index >= 15 is 0 Å². The molecule has 4 nitrogen and oxygen atoms in total. The van der Waals surface area contributed by atoms with Crippen LogP contribution in [0.4, 0.5) is 5.69 Å². The number of amides is 1. The van der Waals surface area contributed by atoms with Crippen LogP contribution in [-0.2, 0) is 17.4 Å². The number of hydrogen-bond acceptors (Lipinski definition) is 3. The largest absolute Gasteiger partial charge is 0.381 e. The van der Waals surface area contributed by atoms with Crippen molar-refractivity contribution < 1.29 is 4.79 Å². The molecule has 0 aliphatic carbocycles. The van der Waals surface area contributed by atoms with Crippen LogP contribution in [0, 0.1) is 0 Å². The van der Waals surface area contributed by atoms with Crippen LogP contribution < -0.4 is 5.32 Å². The second-order valence-corrected chi connectivity index (χ2v) is 11.2. The minimum atomic E-state index is -0.0156. The second-order valence-electron chi connectivity index (χ2n) is 11.2. The minimum absolute atomic E-state index is 0.0156. The first-order valence-corrected chi connectivity index (χ1v) is 11.3. The van der Waals surface area contributed by atoms with E-state index in [0.717, 1.165) is 29.9 Å². The highest BCUT2D eigenvalue weighted by molar-refractivity contribution is 5.95. The van der Waals surface area contributed by atoms with Gasteiger partial charge in [0.15, 0.2) is 0 Å². The number of carbonyl (C=O) groups is 1. The van der Waals surface area contributed by atoms with Crippen LogP contribution in [0.15, 0.2) is 42.5 Å². The monoisotopic (exact) mass is 421 g/mol. The van der Waals surface area contributed by atoms with E-state index in [2.05, 4.69) is 108 Å². The van der Waals surface area contributed by atoms with Gasteiger partial charge in [0.05, 0.1) is 0 Å². The molecule has 1 N–H and O–H groups in total. The molecule has 1 fully saturated rings. The maximum Gasteiger partial charge on any atom is 0.253 e. The maximum absolute atomic E-state index is 13.1. The lowest BCUT2D eigenvalue weighted by atomic mass is 9.84. The molecule has 0 spiro atoms. The van der Waals surface area contributed by atoms with Gasteiger partial charge in [0.2, 0.25) is 0 Å². The third kappa shape index (κ3) is 5.68. The van der Waals surface area contributed by atoms with Crippen molar-refractivity contribution in [1.82, 2.24) is 9.80 Å². The lowest BCUT2D eigenvalue weighted by Gasteiger charge is -2.42. The molecule has 0 saturated carbocycles. The molecular weight excluding hydrogens is 382 g/mol. The molecule has 2 aromatic carbocycles. The predicted octanol–water partition coefficient (Wildman–Crippen LogP) is 5.28. The number of nitrogens with one attached hydrogen (secondary N) is 1. The molecule has 1 aliphatic rings. The quantitative estimate of drug-likeness (QED) is 0.713. The highest BCUT2D eigenvalue weighted by atomic mass is 16.2. The van der Waals surface area contributed by atoms with Crippen LogP contribution in [-0.4, -0.2) is 48.9 Å². The zero-order valence-corrected chi connectivity index (χ0v) is 20.5. The first kappa shape index (κ1) is 23.3. The topological polar surface area (TPSA) is 35.6 Å². The minimum Gasteiger partial charge on any atom is -0.381 e. The van der Waals surface area contributed by atoms with Crippen molar-refractivity contribution in [2.24, 2.45) is 0 Å². The number of benzene rings is 2. The molecule has 31 heavy (non-hydrogen) atoms. The Morgan fingerprint density at radius 2 is 1.61 bits per heavy atom. The van der Waals surface area contributed by atoms with Gasteiger partial charge in [-0.3, -0.25) is 4.79 Å². The van der Waals surface area contributed by atoms with Gasteiger partial charge in [-0.2, -0.15) is 0 Å². The zero-order chi connectivity index (χ0) is 23.0. The van der Waals surface area contributed by atoms with Crippen molar-refractivity contribution in [3.05, 3.63) is 64.7 Å². The first-order valence-electron chi connectivity index (χ1n) is 11.3. The number of rotatable bonds is 5. The van der Waals surface area contributed by atoms with Crippen LogP contribution in [0.2, 0.25) is 0 Å². The van der Waals surface area contributed by atoms with Crippen molar-refractivity contribution in [3.63, 3.8) is 0 Å². The molecule has 0 aromatic heterocycles. The Hall–Kier alpha value is -2.33. The Balaban J connectivity index is 1.80. The summed E-state index contributed by atoms with van der Waals surface area (Å²) in [6.07, 6.45) is 0. The van der Waals surface area contributed by atoms with Crippen LogP contribution in [0.5, 0.6) is 0 Å². The van der Waals surface area contributed by atoms with Gasteiger partial charge in [0.1, 0.15) is 0 Å². The van der Waals surface area contributed by atoms with Crippen LogP contribution >= 0.6 is 0 Å². The molecule has 0 unspecified atom stereocenters. The molecule has 0 atom stereocenters. The van der Waals surface area contributed by atoms with Gasteiger partial charge in [-0.1, -0.05) is 59.7 Å². The molecule has 0 bridgehead atoms. The average molecular weight is 422 g/mol. The summed E-state index contributed by atoms with van der Waals surface area (Å²) >= 11 is 0. The number of nitrogens with zero attached hydrogens (tertiary/aromatic N) is 2. The smallest absolute Gasteiger partial charge is 0.253 e. The summed E-state index contributed by atoms with van der Waals surface area (Å²) < 4.78 is 0. The number of carbonyl (C=O) groups excluding carboxylic acids is 1. The molecule has 4 heteroatoms. The highest BCUT2D eigenvalue weighted by Gasteiger charge is 2.33. The van der Waals surface area contributed by atoms with E-state index in [4.69, 9.17) is 0 Å². The van der Waals surface area contributed by atoms with E-state index in [0.29, 0.717) is 12.6 Å². The second kappa shape index (κ2) is 8.66. The normalized spacial score (nSPS) is 15.2. The zero-order valence-electron chi connectivity index (χ0n) is 20.5. The highest BCUT2D eigenvalue weighted by Crippen LogP contribution is 2.28. The summed E-state index contributed by atoms with van der Waals surface area (Å²) in [6, 6.07) is 15.4. The Morgan fingerprint density at radius 1 is 0.968 bits per heavy atom. The number of likely N-dealkylation sites (N-methyl/N-ethyl adjacent to an activating group) is 1. The van der Waals surface area contributed by atoms with E-state index < -0.39 is 0 Å². The van der Waals surface area contributed by atoms with Gasteiger partial charge in [-0.15, -0.1) is 0 Å². The Kier molecular flexibility index (Phi) is 6.52. The fourth-order valence-corrected chi connectivity index (χ4v) is 3.78. The summed E-state index contributed by atoms with van der Waals surface area (Å²) in [5, 5.41) is 3.57. The third-order valence-electron chi connectivity index (χ3n) is 6.21. The van der Waals surface area contributed by atoms with E-state index in [-0.39, 0.29) is 16.7 Å². The van der Waals surface area contributed by atoms with Gasteiger partial charge in [0, 0.05) is 36.9 Å². The molecule has 1 heterocycles. The number of hydrogen-bond donors (Lipinski definition) is 1. The molecular formula is C27H39N3O. The van der Waals surface area contributed by atoms with Crippen LogP contribution in [0.1, 0.15) is 68.6 Å². The van der Waals surface area contributed by atoms with Crippen molar-refractivity contribution in [1.29, 1.82) is 0 Å². The molecule has 1 aliphatic heterocycles. The fraction of sp³-hybridized carbons (Fsp3) is 0.519.